The summed E-state index contributed by atoms with van der Waals surface area (Å²) in [5.41, 5.74) is 1.18. The average molecular weight is 405 g/mol. The zero-order valence-corrected chi connectivity index (χ0v) is 16.0. The van der Waals surface area contributed by atoms with E-state index in [1.807, 2.05) is 19.1 Å². The highest BCUT2D eigenvalue weighted by atomic mass is 127. The van der Waals surface area contributed by atoms with E-state index in [1.165, 1.54) is 5.56 Å². The summed E-state index contributed by atoms with van der Waals surface area (Å²) in [5, 5.41) is 6.71. The van der Waals surface area contributed by atoms with Crippen molar-refractivity contribution in [3.05, 3.63) is 29.8 Å². The van der Waals surface area contributed by atoms with Crippen molar-refractivity contribution in [2.45, 2.75) is 40.3 Å². The van der Waals surface area contributed by atoms with Gasteiger partial charge >= 0.3 is 0 Å². The van der Waals surface area contributed by atoms with E-state index >= 15 is 0 Å². The van der Waals surface area contributed by atoms with E-state index < -0.39 is 0 Å². The predicted octanol–water partition coefficient (Wildman–Crippen LogP) is 3.41. The Bertz CT molecular complexity index is 435. The van der Waals surface area contributed by atoms with Crippen LogP contribution in [0.5, 0.6) is 5.75 Å². The fourth-order valence-electron chi connectivity index (χ4n) is 1.67. The molecule has 2 N–H and O–H groups in total. The van der Waals surface area contributed by atoms with Crippen LogP contribution in [-0.2, 0) is 6.54 Å². The first kappa shape index (κ1) is 20.0. The fraction of sp³-hybridized carbons (Fsp3) is 0.562. The molecule has 5 heteroatoms. The van der Waals surface area contributed by atoms with E-state index in [0.717, 1.165) is 18.3 Å². The van der Waals surface area contributed by atoms with Crippen LogP contribution in [0.2, 0.25) is 0 Å². The Morgan fingerprint density at radius 3 is 2.57 bits per heavy atom. The molecule has 0 heterocycles. The number of aliphatic imine (C=N–C) groups is 1. The summed E-state index contributed by atoms with van der Waals surface area (Å²) in [4.78, 5) is 4.25. The molecule has 0 aliphatic heterocycles. The molecular formula is C16H28IN3O. The summed E-state index contributed by atoms with van der Waals surface area (Å²) in [5.74, 6) is 2.30. The largest absolute Gasteiger partial charge is 0.494 e. The van der Waals surface area contributed by atoms with E-state index in [0.29, 0.717) is 18.6 Å². The van der Waals surface area contributed by atoms with Gasteiger partial charge in [0, 0.05) is 19.6 Å². The van der Waals surface area contributed by atoms with Gasteiger partial charge in [0.05, 0.1) is 6.61 Å². The molecule has 0 saturated heterocycles. The van der Waals surface area contributed by atoms with Crippen molar-refractivity contribution in [3.63, 3.8) is 0 Å². The number of guanidine groups is 1. The van der Waals surface area contributed by atoms with Crippen molar-refractivity contribution in [1.82, 2.24) is 10.6 Å². The van der Waals surface area contributed by atoms with Crippen LogP contribution in [0.4, 0.5) is 0 Å². The average Bonchev–Trinajstić information content (AvgIpc) is 2.43. The number of hydrogen-bond donors (Lipinski definition) is 2. The molecule has 0 radical (unpaired) electrons. The van der Waals surface area contributed by atoms with Crippen LogP contribution in [0, 0.1) is 5.92 Å². The third kappa shape index (κ3) is 7.55. The third-order valence-corrected chi connectivity index (χ3v) is 3.26. The molecule has 0 amide bonds. The maximum absolute atomic E-state index is 5.50. The number of hydrogen-bond acceptors (Lipinski definition) is 2. The second-order valence-electron chi connectivity index (χ2n) is 5.18. The molecule has 0 aromatic heterocycles. The van der Waals surface area contributed by atoms with Gasteiger partial charge in [-0.15, -0.1) is 24.0 Å². The topological polar surface area (TPSA) is 45.6 Å². The molecular weight excluding hydrogens is 377 g/mol. The highest BCUT2D eigenvalue weighted by Gasteiger charge is 2.08. The lowest BCUT2D eigenvalue weighted by Crippen LogP contribution is -2.43. The van der Waals surface area contributed by atoms with Crippen molar-refractivity contribution in [2.75, 3.05) is 13.7 Å². The van der Waals surface area contributed by atoms with E-state index in [-0.39, 0.29) is 24.0 Å². The highest BCUT2D eigenvalue weighted by molar-refractivity contribution is 14.0. The number of benzene rings is 1. The summed E-state index contributed by atoms with van der Waals surface area (Å²) in [6.07, 6.45) is 0. The zero-order chi connectivity index (χ0) is 15.0. The van der Waals surface area contributed by atoms with Crippen LogP contribution in [0.1, 0.15) is 33.3 Å². The van der Waals surface area contributed by atoms with E-state index in [9.17, 15) is 0 Å². The van der Waals surface area contributed by atoms with Gasteiger partial charge in [-0.1, -0.05) is 26.0 Å². The van der Waals surface area contributed by atoms with Gasteiger partial charge < -0.3 is 15.4 Å². The minimum atomic E-state index is 0. The summed E-state index contributed by atoms with van der Waals surface area (Å²) in [6.45, 7) is 9.95. The summed E-state index contributed by atoms with van der Waals surface area (Å²) in [7, 11) is 1.79. The second kappa shape index (κ2) is 10.7. The van der Waals surface area contributed by atoms with E-state index in [1.54, 1.807) is 7.05 Å². The fourth-order valence-corrected chi connectivity index (χ4v) is 1.67. The van der Waals surface area contributed by atoms with Gasteiger partial charge in [-0.25, -0.2) is 0 Å². The summed E-state index contributed by atoms with van der Waals surface area (Å²) >= 11 is 0. The first-order valence-corrected chi connectivity index (χ1v) is 7.25. The molecule has 0 saturated carbocycles. The van der Waals surface area contributed by atoms with Crippen molar-refractivity contribution in [3.8, 4) is 5.75 Å². The Morgan fingerprint density at radius 1 is 1.29 bits per heavy atom. The normalized spacial score (nSPS) is 12.6. The number of nitrogens with zero attached hydrogens (tertiary/aromatic N) is 1. The summed E-state index contributed by atoms with van der Waals surface area (Å²) < 4.78 is 5.50. The van der Waals surface area contributed by atoms with Crippen LogP contribution in [0.25, 0.3) is 0 Å². The van der Waals surface area contributed by atoms with Gasteiger partial charge in [0.25, 0.3) is 0 Å². The molecule has 1 aromatic carbocycles. The van der Waals surface area contributed by atoms with Gasteiger partial charge in [-0.3, -0.25) is 4.99 Å². The minimum absolute atomic E-state index is 0. The first-order valence-electron chi connectivity index (χ1n) is 7.25. The molecule has 0 fully saturated rings. The van der Waals surface area contributed by atoms with Gasteiger partial charge in [-0.2, -0.15) is 0 Å². The minimum Gasteiger partial charge on any atom is -0.494 e. The Morgan fingerprint density at radius 2 is 2.00 bits per heavy atom. The molecule has 4 nitrogen and oxygen atoms in total. The van der Waals surface area contributed by atoms with Crippen molar-refractivity contribution in [1.29, 1.82) is 0 Å². The molecule has 1 rings (SSSR count). The molecule has 0 bridgehead atoms. The second-order valence-corrected chi connectivity index (χ2v) is 5.18. The lowest BCUT2D eigenvalue weighted by molar-refractivity contribution is 0.340. The smallest absolute Gasteiger partial charge is 0.191 e. The van der Waals surface area contributed by atoms with Crippen molar-refractivity contribution < 1.29 is 4.74 Å². The molecule has 0 spiro atoms. The van der Waals surface area contributed by atoms with Crippen LogP contribution < -0.4 is 15.4 Å². The maximum Gasteiger partial charge on any atom is 0.191 e. The van der Waals surface area contributed by atoms with Gasteiger partial charge in [0.2, 0.25) is 0 Å². The molecule has 1 aromatic rings. The molecule has 1 unspecified atom stereocenters. The van der Waals surface area contributed by atoms with Gasteiger partial charge in [-0.05, 0) is 37.5 Å². The van der Waals surface area contributed by atoms with Crippen LogP contribution in [0.15, 0.2) is 29.3 Å². The standard InChI is InChI=1S/C16H27N3O.HI/c1-6-20-15-9-7-8-14(10-15)11-18-16(17-5)19-13(4)12(2)3;/h7-10,12-13H,6,11H2,1-5H3,(H2,17,18,19);1H. The Balaban J connectivity index is 0.00000400. The van der Waals surface area contributed by atoms with Gasteiger partial charge in [0.1, 0.15) is 5.75 Å². The number of halogens is 1. The van der Waals surface area contributed by atoms with E-state index in [4.69, 9.17) is 4.74 Å². The maximum atomic E-state index is 5.50. The van der Waals surface area contributed by atoms with Crippen LogP contribution in [0.3, 0.4) is 0 Å². The van der Waals surface area contributed by atoms with Gasteiger partial charge in [0.15, 0.2) is 5.96 Å². The number of ether oxygens (including phenoxy) is 1. The lowest BCUT2D eigenvalue weighted by Gasteiger charge is -2.20. The van der Waals surface area contributed by atoms with E-state index in [2.05, 4.69) is 48.5 Å². The third-order valence-electron chi connectivity index (χ3n) is 3.26. The molecule has 0 aliphatic rings. The molecule has 21 heavy (non-hydrogen) atoms. The highest BCUT2D eigenvalue weighted by Crippen LogP contribution is 2.12. The van der Waals surface area contributed by atoms with Crippen LogP contribution in [-0.4, -0.2) is 25.7 Å². The van der Waals surface area contributed by atoms with Crippen LogP contribution >= 0.6 is 24.0 Å². The quantitative estimate of drug-likeness (QED) is 0.433. The van der Waals surface area contributed by atoms with Crippen molar-refractivity contribution >= 4 is 29.9 Å². The lowest BCUT2D eigenvalue weighted by atomic mass is 10.1. The Kier molecular flexibility index (Phi) is 10.2. The monoisotopic (exact) mass is 405 g/mol. The first-order chi connectivity index (χ1) is 9.56. The molecule has 120 valence electrons. The zero-order valence-electron chi connectivity index (χ0n) is 13.6. The number of nitrogens with one attached hydrogen (secondary N) is 2. The Labute approximate surface area is 145 Å². The molecule has 0 aliphatic carbocycles. The SMILES string of the molecule is CCOc1cccc(CNC(=NC)NC(C)C(C)C)c1.I. The predicted molar refractivity (Wildman–Crippen MR) is 101 cm³/mol. The summed E-state index contributed by atoms with van der Waals surface area (Å²) in [6, 6.07) is 8.50. The Hall–Kier alpha value is -0.980. The van der Waals surface area contributed by atoms with Crippen molar-refractivity contribution in [2.24, 2.45) is 10.9 Å². The molecule has 1 atom stereocenters. The number of rotatable bonds is 6.